The van der Waals surface area contributed by atoms with Crippen molar-refractivity contribution in [3.63, 3.8) is 0 Å². The molecule has 8 heteroatoms. The number of alkyl halides is 2. The molecule has 1 unspecified atom stereocenters. The van der Waals surface area contributed by atoms with Crippen molar-refractivity contribution in [3.05, 3.63) is 0 Å². The molecule has 0 saturated carbocycles. The highest BCUT2D eigenvalue weighted by molar-refractivity contribution is 5.87. The van der Waals surface area contributed by atoms with Crippen LogP contribution >= 0.6 is 0 Å². The molecular formula is C13H20F2N2O4. The zero-order valence-electron chi connectivity index (χ0n) is 11.8. The molecule has 2 rings (SSSR count). The van der Waals surface area contributed by atoms with E-state index in [-0.39, 0.29) is 19.7 Å². The first-order valence-electron chi connectivity index (χ1n) is 7.09. The van der Waals surface area contributed by atoms with Crippen molar-refractivity contribution >= 4 is 11.8 Å². The van der Waals surface area contributed by atoms with Gasteiger partial charge in [0, 0.05) is 13.1 Å². The minimum Gasteiger partial charge on any atom is -0.383 e. The van der Waals surface area contributed by atoms with E-state index in [1.165, 1.54) is 4.90 Å². The van der Waals surface area contributed by atoms with Gasteiger partial charge in [0.2, 0.25) is 5.91 Å². The fraction of sp³-hybridized carbons (Fsp3) is 0.846. The van der Waals surface area contributed by atoms with E-state index in [0.29, 0.717) is 25.8 Å². The molecule has 0 spiro atoms. The number of nitrogens with zero attached hydrogens (tertiary/aromatic N) is 2. The van der Waals surface area contributed by atoms with Gasteiger partial charge in [-0.2, -0.15) is 0 Å². The lowest BCUT2D eigenvalue weighted by atomic mass is 10.2. The molecule has 2 saturated heterocycles. The van der Waals surface area contributed by atoms with Crippen molar-refractivity contribution in [2.75, 3.05) is 39.4 Å². The number of aliphatic hydroxyl groups is 1. The Morgan fingerprint density at radius 2 is 2.14 bits per heavy atom. The lowest BCUT2D eigenvalue weighted by molar-refractivity contribution is -0.146. The Labute approximate surface area is 121 Å². The van der Waals surface area contributed by atoms with Crippen LogP contribution in [0, 0.1) is 0 Å². The first-order valence-corrected chi connectivity index (χ1v) is 7.09. The summed E-state index contributed by atoms with van der Waals surface area (Å²) in [5.74, 6) is -4.12. The minimum atomic E-state index is -3.07. The zero-order valence-corrected chi connectivity index (χ0v) is 11.8. The molecule has 0 aliphatic carbocycles. The highest BCUT2D eigenvalue weighted by Gasteiger charge is 2.37. The van der Waals surface area contributed by atoms with Gasteiger partial charge in [-0.25, -0.2) is 8.78 Å². The van der Waals surface area contributed by atoms with E-state index in [1.54, 1.807) is 0 Å². The Bertz CT molecular complexity index is 406. The number of carbonyl (C=O) groups is 2. The number of hydrogen-bond donors (Lipinski definition) is 1. The number of aliphatic hydroxyl groups excluding tert-OH is 1. The molecule has 2 amide bonds. The Balaban J connectivity index is 1.97. The molecule has 120 valence electrons. The van der Waals surface area contributed by atoms with Gasteiger partial charge >= 0.3 is 0 Å². The molecule has 0 radical (unpaired) electrons. The van der Waals surface area contributed by atoms with Crippen molar-refractivity contribution in [2.24, 2.45) is 0 Å². The van der Waals surface area contributed by atoms with Crippen LogP contribution in [0.15, 0.2) is 0 Å². The van der Waals surface area contributed by atoms with Crippen molar-refractivity contribution in [1.29, 1.82) is 0 Å². The highest BCUT2D eigenvalue weighted by Crippen LogP contribution is 2.19. The predicted octanol–water partition coefficient (Wildman–Crippen LogP) is -0.146. The molecule has 2 aliphatic heterocycles. The van der Waals surface area contributed by atoms with E-state index in [2.05, 4.69) is 0 Å². The van der Waals surface area contributed by atoms with Crippen LogP contribution in [0.5, 0.6) is 0 Å². The maximum Gasteiger partial charge on any atom is 0.288 e. The second-order valence-electron chi connectivity index (χ2n) is 5.50. The lowest BCUT2D eigenvalue weighted by Crippen LogP contribution is -2.48. The number of likely N-dealkylation sites (tertiary alicyclic amines) is 1. The molecule has 2 fully saturated rings. The molecule has 1 N–H and O–H groups in total. The van der Waals surface area contributed by atoms with Crippen LogP contribution in [0.2, 0.25) is 0 Å². The highest BCUT2D eigenvalue weighted by atomic mass is 19.3. The van der Waals surface area contributed by atoms with Crippen molar-refractivity contribution in [2.45, 2.75) is 31.3 Å². The minimum absolute atomic E-state index is 0.0535. The van der Waals surface area contributed by atoms with Gasteiger partial charge in [-0.3, -0.25) is 9.59 Å². The maximum atomic E-state index is 13.4. The third-order valence-electron chi connectivity index (χ3n) is 3.67. The monoisotopic (exact) mass is 306 g/mol. The summed E-state index contributed by atoms with van der Waals surface area (Å²) in [5.41, 5.74) is 0. The molecule has 21 heavy (non-hydrogen) atoms. The van der Waals surface area contributed by atoms with Gasteiger partial charge in [0.25, 0.3) is 11.8 Å². The fourth-order valence-corrected chi connectivity index (χ4v) is 2.52. The Hall–Kier alpha value is -1.28. The molecule has 0 aromatic heterocycles. The molecule has 1 atom stereocenters. The summed E-state index contributed by atoms with van der Waals surface area (Å²) < 4.78 is 31.6. The quantitative estimate of drug-likeness (QED) is 0.770. The van der Waals surface area contributed by atoms with E-state index in [9.17, 15) is 23.5 Å². The first-order chi connectivity index (χ1) is 9.89. The smallest absolute Gasteiger partial charge is 0.288 e. The zero-order chi connectivity index (χ0) is 15.5. The molecule has 0 bridgehead atoms. The SMILES string of the molecule is O=C(CN1CCCCC(O)C1=O)N1CCOCC(F)(F)C1. The molecule has 2 heterocycles. The Morgan fingerprint density at radius 3 is 2.90 bits per heavy atom. The number of halogens is 2. The summed E-state index contributed by atoms with van der Waals surface area (Å²) in [7, 11) is 0. The first kappa shape index (κ1) is 16.1. The van der Waals surface area contributed by atoms with Gasteiger partial charge in [0.1, 0.15) is 12.7 Å². The van der Waals surface area contributed by atoms with Gasteiger partial charge in [-0.05, 0) is 19.3 Å². The largest absolute Gasteiger partial charge is 0.383 e. The van der Waals surface area contributed by atoms with E-state index < -0.39 is 37.0 Å². The predicted molar refractivity (Wildman–Crippen MR) is 68.8 cm³/mol. The molecule has 6 nitrogen and oxygen atoms in total. The second-order valence-corrected chi connectivity index (χ2v) is 5.50. The van der Waals surface area contributed by atoms with Crippen LogP contribution in [-0.2, 0) is 14.3 Å². The topological polar surface area (TPSA) is 70.1 Å². The molecule has 2 aliphatic rings. The van der Waals surface area contributed by atoms with Crippen LogP contribution in [0.4, 0.5) is 8.78 Å². The van der Waals surface area contributed by atoms with E-state index in [1.807, 2.05) is 0 Å². The van der Waals surface area contributed by atoms with Gasteiger partial charge in [0.05, 0.1) is 19.7 Å². The Kier molecular flexibility index (Phi) is 5.10. The summed E-state index contributed by atoms with van der Waals surface area (Å²) in [6, 6.07) is 0. The molecule has 0 aromatic carbocycles. The average Bonchev–Trinajstić information content (AvgIpc) is 2.69. The van der Waals surface area contributed by atoms with E-state index in [4.69, 9.17) is 4.74 Å². The average molecular weight is 306 g/mol. The third-order valence-corrected chi connectivity index (χ3v) is 3.67. The Morgan fingerprint density at radius 1 is 1.38 bits per heavy atom. The summed E-state index contributed by atoms with van der Waals surface area (Å²) in [5, 5.41) is 9.62. The van der Waals surface area contributed by atoms with Crippen LogP contribution in [0.3, 0.4) is 0 Å². The van der Waals surface area contributed by atoms with E-state index >= 15 is 0 Å². The molecular weight excluding hydrogens is 286 g/mol. The summed E-state index contributed by atoms with van der Waals surface area (Å²) >= 11 is 0. The number of hydrogen-bond acceptors (Lipinski definition) is 4. The van der Waals surface area contributed by atoms with Crippen LogP contribution in [0.25, 0.3) is 0 Å². The number of ether oxygens (including phenoxy) is 1. The van der Waals surface area contributed by atoms with Gasteiger partial charge in [0.15, 0.2) is 0 Å². The maximum absolute atomic E-state index is 13.4. The van der Waals surface area contributed by atoms with Crippen molar-refractivity contribution in [3.8, 4) is 0 Å². The third kappa shape index (κ3) is 4.34. The summed E-state index contributed by atoms with van der Waals surface area (Å²) in [6.07, 6.45) is 0.663. The summed E-state index contributed by atoms with van der Waals surface area (Å²) in [6.45, 7) is -1.17. The lowest BCUT2D eigenvalue weighted by Gasteiger charge is -2.27. The van der Waals surface area contributed by atoms with Gasteiger partial charge in [-0.1, -0.05) is 0 Å². The second kappa shape index (κ2) is 6.65. The number of rotatable bonds is 2. The van der Waals surface area contributed by atoms with Crippen molar-refractivity contribution < 1.29 is 28.2 Å². The number of carbonyl (C=O) groups excluding carboxylic acids is 2. The fourth-order valence-electron chi connectivity index (χ4n) is 2.52. The number of amides is 2. The van der Waals surface area contributed by atoms with Crippen molar-refractivity contribution in [1.82, 2.24) is 9.80 Å². The van der Waals surface area contributed by atoms with Crippen LogP contribution in [-0.4, -0.2) is 78.1 Å². The van der Waals surface area contributed by atoms with Gasteiger partial charge in [-0.15, -0.1) is 0 Å². The summed E-state index contributed by atoms with van der Waals surface area (Å²) in [4.78, 5) is 26.3. The standard InChI is InChI=1S/C13H20F2N2O4/c14-13(15)8-17(5-6-21-9-13)11(19)7-16-4-2-1-3-10(18)12(16)20/h10,18H,1-9H2. The van der Waals surface area contributed by atoms with Gasteiger partial charge < -0.3 is 19.6 Å². The normalized spacial score (nSPS) is 27.2. The van der Waals surface area contributed by atoms with Crippen LogP contribution in [0.1, 0.15) is 19.3 Å². The van der Waals surface area contributed by atoms with E-state index in [0.717, 1.165) is 4.90 Å². The van der Waals surface area contributed by atoms with Crippen LogP contribution < -0.4 is 0 Å². The molecule has 0 aromatic rings.